The van der Waals surface area contributed by atoms with Crippen LogP contribution in [0.2, 0.25) is 0 Å². The second-order valence-corrected chi connectivity index (χ2v) is 3.02. The Morgan fingerprint density at radius 1 is 1.71 bits per heavy atom. The van der Waals surface area contributed by atoms with E-state index in [2.05, 4.69) is 10.4 Å². The van der Waals surface area contributed by atoms with Crippen molar-refractivity contribution < 1.29 is 9.90 Å². The molecule has 1 aromatic heterocycles. The fourth-order valence-electron chi connectivity index (χ4n) is 1.19. The molecule has 0 aromatic carbocycles. The summed E-state index contributed by atoms with van der Waals surface area (Å²) >= 11 is 0. The van der Waals surface area contributed by atoms with E-state index in [-0.39, 0.29) is 0 Å². The summed E-state index contributed by atoms with van der Waals surface area (Å²) in [4.78, 5) is 10.6. The highest BCUT2D eigenvalue weighted by Gasteiger charge is 2.12. The Morgan fingerprint density at radius 3 is 3.00 bits per heavy atom. The molecule has 14 heavy (non-hydrogen) atoms. The molecule has 0 amide bonds. The van der Waals surface area contributed by atoms with Crippen LogP contribution in [0.25, 0.3) is 0 Å². The molecule has 1 atom stereocenters. The van der Waals surface area contributed by atoms with Crippen LogP contribution in [0.3, 0.4) is 0 Å². The molecule has 5 heteroatoms. The van der Waals surface area contributed by atoms with Crippen molar-refractivity contribution in [3.8, 4) is 0 Å². The van der Waals surface area contributed by atoms with Crippen LogP contribution in [0.1, 0.15) is 13.3 Å². The highest BCUT2D eigenvalue weighted by molar-refractivity contribution is 5.73. The molecule has 0 aliphatic carbocycles. The molecule has 0 aliphatic heterocycles. The average Bonchev–Trinajstić information content (AvgIpc) is 2.64. The van der Waals surface area contributed by atoms with Crippen molar-refractivity contribution >= 4 is 5.97 Å². The molecule has 1 rings (SSSR count). The van der Waals surface area contributed by atoms with Crippen molar-refractivity contribution in [2.75, 3.05) is 6.54 Å². The minimum atomic E-state index is -0.798. The number of rotatable bonds is 6. The standard InChI is InChI=1S/C9H15N3O2/c1-2-8(9(13)14)10-5-7-12-6-3-4-11-12/h3-4,6,8,10H,2,5,7H2,1H3,(H,13,14). The van der Waals surface area contributed by atoms with Gasteiger partial charge in [-0.1, -0.05) is 6.92 Å². The Hall–Kier alpha value is -1.36. The number of hydrogen-bond donors (Lipinski definition) is 2. The first-order valence-electron chi connectivity index (χ1n) is 4.67. The Morgan fingerprint density at radius 2 is 2.50 bits per heavy atom. The molecule has 0 fully saturated rings. The quantitative estimate of drug-likeness (QED) is 0.690. The van der Waals surface area contributed by atoms with Crippen molar-refractivity contribution in [1.82, 2.24) is 15.1 Å². The van der Waals surface area contributed by atoms with E-state index < -0.39 is 12.0 Å². The lowest BCUT2D eigenvalue weighted by Gasteiger charge is -2.11. The van der Waals surface area contributed by atoms with Gasteiger partial charge in [-0.15, -0.1) is 0 Å². The van der Waals surface area contributed by atoms with E-state index in [1.165, 1.54) is 0 Å². The number of carbonyl (C=O) groups is 1. The largest absolute Gasteiger partial charge is 0.480 e. The maximum Gasteiger partial charge on any atom is 0.320 e. The summed E-state index contributed by atoms with van der Waals surface area (Å²) in [7, 11) is 0. The summed E-state index contributed by atoms with van der Waals surface area (Å²) < 4.78 is 1.77. The van der Waals surface area contributed by atoms with Crippen LogP contribution < -0.4 is 5.32 Å². The van der Waals surface area contributed by atoms with Crippen LogP contribution in [-0.4, -0.2) is 33.4 Å². The van der Waals surface area contributed by atoms with Gasteiger partial charge in [-0.3, -0.25) is 9.48 Å². The van der Waals surface area contributed by atoms with Crippen LogP contribution in [0.4, 0.5) is 0 Å². The zero-order valence-electron chi connectivity index (χ0n) is 8.18. The highest BCUT2D eigenvalue weighted by Crippen LogP contribution is 1.90. The molecule has 1 aromatic rings. The molecular weight excluding hydrogens is 182 g/mol. The molecule has 1 heterocycles. The first-order chi connectivity index (χ1) is 6.74. The van der Waals surface area contributed by atoms with Crippen LogP contribution in [0.5, 0.6) is 0 Å². The lowest BCUT2D eigenvalue weighted by Crippen LogP contribution is -2.37. The summed E-state index contributed by atoms with van der Waals surface area (Å²) in [5.74, 6) is -0.798. The maximum atomic E-state index is 10.6. The fourth-order valence-corrected chi connectivity index (χ4v) is 1.19. The number of carboxylic acid groups (broad SMARTS) is 1. The Kier molecular flexibility index (Phi) is 4.12. The summed E-state index contributed by atoms with van der Waals surface area (Å²) in [6, 6.07) is 1.39. The molecule has 1 unspecified atom stereocenters. The molecule has 78 valence electrons. The van der Waals surface area contributed by atoms with Crippen molar-refractivity contribution in [1.29, 1.82) is 0 Å². The summed E-state index contributed by atoms with van der Waals surface area (Å²) in [6.45, 7) is 3.16. The van der Waals surface area contributed by atoms with Crippen molar-refractivity contribution in [3.63, 3.8) is 0 Å². The highest BCUT2D eigenvalue weighted by atomic mass is 16.4. The molecule has 0 radical (unpaired) electrons. The number of aromatic nitrogens is 2. The van der Waals surface area contributed by atoms with Gasteiger partial charge >= 0.3 is 5.97 Å². The van der Waals surface area contributed by atoms with Gasteiger partial charge in [-0.2, -0.15) is 5.10 Å². The smallest absolute Gasteiger partial charge is 0.320 e. The number of carboxylic acids is 1. The Bertz CT molecular complexity index is 272. The monoisotopic (exact) mass is 197 g/mol. The van der Waals surface area contributed by atoms with Crippen molar-refractivity contribution in [2.24, 2.45) is 0 Å². The first-order valence-corrected chi connectivity index (χ1v) is 4.67. The van der Waals surface area contributed by atoms with E-state index in [0.717, 1.165) is 0 Å². The average molecular weight is 197 g/mol. The van der Waals surface area contributed by atoms with Gasteiger partial charge in [0, 0.05) is 18.9 Å². The first kappa shape index (κ1) is 10.7. The van der Waals surface area contributed by atoms with Gasteiger partial charge in [0.05, 0.1) is 6.54 Å². The van der Waals surface area contributed by atoms with Crippen LogP contribution in [0.15, 0.2) is 18.5 Å². The van der Waals surface area contributed by atoms with E-state index in [1.807, 2.05) is 19.2 Å². The molecule has 0 spiro atoms. The maximum absolute atomic E-state index is 10.6. The van der Waals surface area contributed by atoms with Crippen LogP contribution in [-0.2, 0) is 11.3 Å². The Balaban J connectivity index is 2.23. The lowest BCUT2D eigenvalue weighted by molar-refractivity contribution is -0.139. The second kappa shape index (κ2) is 5.39. The van der Waals surface area contributed by atoms with Gasteiger partial charge in [0.1, 0.15) is 6.04 Å². The minimum Gasteiger partial charge on any atom is -0.480 e. The molecule has 0 aliphatic rings. The van der Waals surface area contributed by atoms with Crippen molar-refractivity contribution in [3.05, 3.63) is 18.5 Å². The second-order valence-electron chi connectivity index (χ2n) is 3.02. The predicted molar refractivity (Wildman–Crippen MR) is 51.9 cm³/mol. The lowest BCUT2D eigenvalue weighted by atomic mass is 10.2. The van der Waals surface area contributed by atoms with Gasteiger partial charge in [-0.05, 0) is 12.5 Å². The van der Waals surface area contributed by atoms with E-state index in [4.69, 9.17) is 5.11 Å². The van der Waals surface area contributed by atoms with E-state index in [1.54, 1.807) is 10.9 Å². The van der Waals surface area contributed by atoms with Gasteiger partial charge < -0.3 is 10.4 Å². The number of nitrogens with one attached hydrogen (secondary N) is 1. The van der Waals surface area contributed by atoms with E-state index in [0.29, 0.717) is 19.5 Å². The van der Waals surface area contributed by atoms with Gasteiger partial charge in [-0.25, -0.2) is 0 Å². The third kappa shape index (κ3) is 3.18. The summed E-state index contributed by atoms with van der Waals surface area (Å²) in [5, 5.41) is 15.7. The number of hydrogen-bond acceptors (Lipinski definition) is 3. The molecule has 0 saturated heterocycles. The van der Waals surface area contributed by atoms with Gasteiger partial charge in [0.25, 0.3) is 0 Å². The fraction of sp³-hybridized carbons (Fsp3) is 0.556. The molecule has 0 bridgehead atoms. The van der Waals surface area contributed by atoms with Crippen LogP contribution >= 0.6 is 0 Å². The molecular formula is C9H15N3O2. The predicted octanol–water partition coefficient (Wildman–Crippen LogP) is 0.336. The van der Waals surface area contributed by atoms with Gasteiger partial charge in [0.15, 0.2) is 0 Å². The Labute approximate surface area is 82.7 Å². The SMILES string of the molecule is CCC(NCCn1cccn1)C(=O)O. The minimum absolute atomic E-state index is 0.453. The molecule has 2 N–H and O–H groups in total. The number of nitrogens with zero attached hydrogens (tertiary/aromatic N) is 2. The third-order valence-corrected chi connectivity index (χ3v) is 2.00. The van der Waals surface area contributed by atoms with E-state index >= 15 is 0 Å². The topological polar surface area (TPSA) is 67.2 Å². The normalized spacial score (nSPS) is 12.6. The molecule has 0 saturated carbocycles. The summed E-state index contributed by atoms with van der Waals surface area (Å²) in [5.41, 5.74) is 0. The van der Waals surface area contributed by atoms with Crippen LogP contribution in [0, 0.1) is 0 Å². The molecule has 5 nitrogen and oxygen atoms in total. The van der Waals surface area contributed by atoms with Crippen molar-refractivity contribution in [2.45, 2.75) is 25.9 Å². The zero-order valence-corrected chi connectivity index (χ0v) is 8.18. The number of aliphatic carboxylic acids is 1. The van der Waals surface area contributed by atoms with Gasteiger partial charge in [0.2, 0.25) is 0 Å². The zero-order chi connectivity index (χ0) is 10.4. The van der Waals surface area contributed by atoms with E-state index in [9.17, 15) is 4.79 Å². The third-order valence-electron chi connectivity index (χ3n) is 2.00. The summed E-state index contributed by atoms with van der Waals surface area (Å²) in [6.07, 6.45) is 4.15.